The van der Waals surface area contributed by atoms with Crippen LogP contribution in [0.2, 0.25) is 0 Å². The Bertz CT molecular complexity index is 1050. The van der Waals surface area contributed by atoms with Gasteiger partial charge >= 0.3 is 0 Å². The number of carbonyl (C=O) groups excluding carboxylic acids is 1. The van der Waals surface area contributed by atoms with Crippen molar-refractivity contribution >= 4 is 18.3 Å². The largest absolute Gasteiger partial charge is 0.352 e. The first kappa shape index (κ1) is 15.9. The second kappa shape index (κ2) is 6.16. The average molecular weight is 357 g/mol. The van der Waals surface area contributed by atoms with E-state index in [2.05, 4.69) is 21.3 Å². The predicted octanol–water partition coefficient (Wildman–Crippen LogP) is 3.86. The Labute approximate surface area is 157 Å². The number of nitrogens with zero attached hydrogens (tertiary/aromatic N) is 4. The van der Waals surface area contributed by atoms with Crippen LogP contribution in [0.25, 0.3) is 22.5 Å². The minimum absolute atomic E-state index is 0.330. The molecule has 1 aromatic carbocycles. The number of nitrogens with one attached hydrogen (secondary N) is 1. The number of aromatic nitrogens is 3. The summed E-state index contributed by atoms with van der Waals surface area (Å²) in [6.07, 6.45) is 6.96. The molecule has 0 amide bonds. The van der Waals surface area contributed by atoms with Gasteiger partial charge in [-0.3, -0.25) is 10.1 Å². The van der Waals surface area contributed by atoms with Crippen molar-refractivity contribution in [2.24, 2.45) is 4.99 Å². The maximum Gasteiger partial charge on any atom is 0.147 e. The third-order valence-corrected chi connectivity index (χ3v) is 5.25. The molecular weight excluding hydrogens is 338 g/mol. The lowest BCUT2D eigenvalue weighted by atomic mass is 9.96. The fourth-order valence-electron chi connectivity index (χ4n) is 3.59. The van der Waals surface area contributed by atoms with Gasteiger partial charge in [-0.25, -0.2) is 4.99 Å². The highest BCUT2D eigenvalue weighted by molar-refractivity contribution is 5.83. The van der Waals surface area contributed by atoms with Gasteiger partial charge in [-0.05, 0) is 42.7 Å². The van der Waals surface area contributed by atoms with Crippen molar-refractivity contribution in [2.45, 2.75) is 24.8 Å². The van der Waals surface area contributed by atoms with E-state index in [-0.39, 0.29) is 6.04 Å². The van der Waals surface area contributed by atoms with Gasteiger partial charge in [0.15, 0.2) is 0 Å². The number of aromatic amines is 1. The Morgan fingerprint density at radius 2 is 2.11 bits per heavy atom. The summed E-state index contributed by atoms with van der Waals surface area (Å²) in [5.41, 5.74) is 6.54. The normalized spacial score (nSPS) is 18.4. The van der Waals surface area contributed by atoms with E-state index in [1.807, 2.05) is 48.5 Å². The molecule has 134 valence electrons. The average Bonchev–Trinajstić information content (AvgIpc) is 3.44. The second-order valence-electron chi connectivity index (χ2n) is 7.13. The van der Waals surface area contributed by atoms with E-state index < -0.39 is 0 Å². The topological polar surface area (TPSA) is 74.2 Å². The Morgan fingerprint density at radius 1 is 1.22 bits per heavy atom. The fraction of sp³-hybridized carbons (Fsp3) is 0.238. The molecule has 3 aromatic rings. The number of carbonyl (C=O) groups is 1. The zero-order chi connectivity index (χ0) is 18.4. The highest BCUT2D eigenvalue weighted by atomic mass is 16.1. The molecule has 27 heavy (non-hydrogen) atoms. The Kier molecular flexibility index (Phi) is 3.63. The van der Waals surface area contributed by atoms with Crippen molar-refractivity contribution < 1.29 is 4.79 Å². The first-order chi connectivity index (χ1) is 13.2. The number of H-pyrrole nitrogens is 1. The van der Waals surface area contributed by atoms with E-state index >= 15 is 0 Å². The zero-order valence-corrected chi connectivity index (χ0v) is 15.0. The van der Waals surface area contributed by atoms with E-state index in [1.165, 1.54) is 12.8 Å². The minimum Gasteiger partial charge on any atom is -0.352 e. The quantitative estimate of drug-likeness (QED) is 0.720. The maximum absolute atomic E-state index is 11.6. The first-order valence-corrected chi connectivity index (χ1v) is 9.11. The molecule has 2 aromatic heterocycles. The summed E-state index contributed by atoms with van der Waals surface area (Å²) >= 11 is 0. The Balaban J connectivity index is 1.58. The van der Waals surface area contributed by atoms with Crippen molar-refractivity contribution in [1.82, 2.24) is 20.1 Å². The van der Waals surface area contributed by atoms with E-state index in [0.717, 1.165) is 45.7 Å². The summed E-state index contributed by atoms with van der Waals surface area (Å²) in [7, 11) is 1.86. The lowest BCUT2D eigenvalue weighted by Crippen LogP contribution is -2.26. The van der Waals surface area contributed by atoms with Gasteiger partial charge in [0.25, 0.3) is 0 Å². The van der Waals surface area contributed by atoms with E-state index in [4.69, 9.17) is 4.98 Å². The molecular formula is C21H19N5O. The number of aliphatic imine (C=N–C) groups is 1. The summed E-state index contributed by atoms with van der Waals surface area (Å²) in [6, 6.07) is 11.8. The van der Waals surface area contributed by atoms with Gasteiger partial charge in [-0.1, -0.05) is 12.1 Å². The SMILES string of the molecule is CN1C=Nc2ccc(-c3c[nH]nc3-c3cccc(C4CC4)n3)cc2C1C=O. The van der Waals surface area contributed by atoms with E-state index in [0.29, 0.717) is 5.92 Å². The summed E-state index contributed by atoms with van der Waals surface area (Å²) < 4.78 is 0. The van der Waals surface area contributed by atoms with Crippen molar-refractivity contribution in [1.29, 1.82) is 0 Å². The van der Waals surface area contributed by atoms with Gasteiger partial charge in [0, 0.05) is 36.0 Å². The van der Waals surface area contributed by atoms with Crippen LogP contribution in [-0.2, 0) is 4.79 Å². The minimum atomic E-state index is -0.330. The lowest BCUT2D eigenvalue weighted by molar-refractivity contribution is -0.111. The van der Waals surface area contributed by atoms with Crippen LogP contribution >= 0.6 is 0 Å². The number of aldehydes is 1. The van der Waals surface area contributed by atoms with Gasteiger partial charge in [0.2, 0.25) is 0 Å². The summed E-state index contributed by atoms with van der Waals surface area (Å²) in [6.45, 7) is 0. The fourth-order valence-corrected chi connectivity index (χ4v) is 3.59. The molecule has 3 heterocycles. The molecule has 2 aliphatic rings. The monoisotopic (exact) mass is 357 g/mol. The molecule has 1 atom stereocenters. The number of likely N-dealkylation sites (N-methyl/N-ethyl adjacent to an activating group) is 1. The Hall–Kier alpha value is -3.28. The van der Waals surface area contributed by atoms with E-state index in [9.17, 15) is 4.79 Å². The van der Waals surface area contributed by atoms with Crippen LogP contribution in [0.5, 0.6) is 0 Å². The molecule has 0 radical (unpaired) electrons. The first-order valence-electron chi connectivity index (χ1n) is 9.11. The van der Waals surface area contributed by atoms with E-state index in [1.54, 1.807) is 6.34 Å². The van der Waals surface area contributed by atoms with Crippen LogP contribution in [0.4, 0.5) is 5.69 Å². The van der Waals surface area contributed by atoms with Gasteiger partial charge in [-0.2, -0.15) is 5.10 Å². The highest BCUT2D eigenvalue weighted by Gasteiger charge is 2.26. The molecule has 1 fully saturated rings. The Morgan fingerprint density at radius 3 is 2.93 bits per heavy atom. The molecule has 1 unspecified atom stereocenters. The standard InChI is InChI=1S/C21H19N5O/c1-26-12-22-18-8-7-14(9-15(18)20(26)11-27)16-10-23-25-21(16)19-4-2-3-17(24-19)13-5-6-13/h2-4,7-13,20H,5-6H2,1H3,(H,23,25). The number of fused-ring (bicyclic) bond motifs is 1. The summed E-state index contributed by atoms with van der Waals surface area (Å²) in [5, 5.41) is 7.43. The highest BCUT2D eigenvalue weighted by Crippen LogP contribution is 2.40. The molecule has 1 aliphatic carbocycles. The van der Waals surface area contributed by atoms with Gasteiger partial charge < -0.3 is 9.69 Å². The summed E-state index contributed by atoms with van der Waals surface area (Å²) in [4.78, 5) is 22.7. The van der Waals surface area contributed by atoms with Gasteiger partial charge in [-0.15, -0.1) is 0 Å². The molecule has 1 aliphatic heterocycles. The third kappa shape index (κ3) is 2.73. The van der Waals surface area contributed by atoms with Crippen molar-refractivity contribution in [3.8, 4) is 22.5 Å². The van der Waals surface area contributed by atoms with Crippen LogP contribution in [0.3, 0.4) is 0 Å². The molecule has 0 saturated heterocycles. The molecule has 1 saturated carbocycles. The second-order valence-corrected chi connectivity index (χ2v) is 7.13. The lowest BCUT2D eigenvalue weighted by Gasteiger charge is -2.26. The van der Waals surface area contributed by atoms with Crippen molar-refractivity contribution in [3.05, 3.63) is 53.9 Å². The van der Waals surface area contributed by atoms with Crippen LogP contribution in [-0.4, -0.2) is 39.8 Å². The number of hydrogen-bond donors (Lipinski definition) is 1. The number of rotatable bonds is 4. The third-order valence-electron chi connectivity index (χ3n) is 5.25. The maximum atomic E-state index is 11.6. The molecule has 1 N–H and O–H groups in total. The summed E-state index contributed by atoms with van der Waals surface area (Å²) in [5.74, 6) is 0.595. The van der Waals surface area contributed by atoms with Crippen LogP contribution in [0.1, 0.15) is 36.1 Å². The zero-order valence-electron chi connectivity index (χ0n) is 15.0. The predicted molar refractivity (Wildman–Crippen MR) is 104 cm³/mol. The van der Waals surface area contributed by atoms with Gasteiger partial charge in [0.1, 0.15) is 18.0 Å². The molecule has 6 heteroatoms. The smallest absolute Gasteiger partial charge is 0.147 e. The van der Waals surface area contributed by atoms with Crippen LogP contribution < -0.4 is 0 Å². The number of benzene rings is 1. The number of hydrogen-bond acceptors (Lipinski definition) is 5. The molecule has 5 rings (SSSR count). The molecule has 0 bridgehead atoms. The molecule has 6 nitrogen and oxygen atoms in total. The van der Waals surface area contributed by atoms with Crippen LogP contribution in [0.15, 0.2) is 47.6 Å². The number of pyridine rings is 1. The molecule has 0 spiro atoms. The van der Waals surface area contributed by atoms with Crippen molar-refractivity contribution in [2.75, 3.05) is 7.05 Å². The van der Waals surface area contributed by atoms with Gasteiger partial charge in [0.05, 0.1) is 17.7 Å². The van der Waals surface area contributed by atoms with Crippen LogP contribution in [0, 0.1) is 0 Å². The van der Waals surface area contributed by atoms with Crippen molar-refractivity contribution in [3.63, 3.8) is 0 Å².